The van der Waals surface area contributed by atoms with E-state index in [-0.39, 0.29) is 19.1 Å². The van der Waals surface area contributed by atoms with E-state index < -0.39 is 23.3 Å². The average Bonchev–Trinajstić information content (AvgIpc) is 2.70. The Morgan fingerprint density at radius 3 is 2.34 bits per heavy atom. The summed E-state index contributed by atoms with van der Waals surface area (Å²) < 4.78 is 20.8. The zero-order chi connectivity index (χ0) is 24.1. The number of hydrogen-bond donors (Lipinski definition) is 1. The quantitative estimate of drug-likeness (QED) is 0.519. The average molecular weight is 507 g/mol. The number of carbonyl (C=O) groups is 2. The van der Waals surface area contributed by atoms with Crippen LogP contribution in [-0.4, -0.2) is 34.9 Å². The van der Waals surface area contributed by atoms with Gasteiger partial charge < -0.3 is 15.0 Å². The van der Waals surface area contributed by atoms with Crippen molar-refractivity contribution in [3.05, 3.63) is 63.9 Å². The molecule has 0 bridgehead atoms. The van der Waals surface area contributed by atoms with Crippen LogP contribution in [0.2, 0.25) is 0 Å². The molecular weight excluding hydrogens is 475 g/mol. The van der Waals surface area contributed by atoms with E-state index in [1.807, 2.05) is 39.0 Å². The lowest BCUT2D eigenvalue weighted by Gasteiger charge is -2.31. The van der Waals surface area contributed by atoms with E-state index in [9.17, 15) is 14.0 Å². The topological polar surface area (TPSA) is 58.6 Å². The highest BCUT2D eigenvalue weighted by molar-refractivity contribution is 9.10. The second-order valence-electron chi connectivity index (χ2n) is 9.16. The summed E-state index contributed by atoms with van der Waals surface area (Å²) in [5.41, 5.74) is 1.01. The van der Waals surface area contributed by atoms with Crippen LogP contribution in [0.25, 0.3) is 0 Å². The highest BCUT2D eigenvalue weighted by Crippen LogP contribution is 2.29. The van der Waals surface area contributed by atoms with Crippen molar-refractivity contribution in [3.8, 4) is 5.75 Å². The van der Waals surface area contributed by atoms with E-state index in [2.05, 4.69) is 35.1 Å². The third-order valence-corrected chi connectivity index (χ3v) is 5.56. The first-order valence-electron chi connectivity index (χ1n) is 10.7. The van der Waals surface area contributed by atoms with Crippen molar-refractivity contribution in [2.24, 2.45) is 0 Å². The van der Waals surface area contributed by atoms with Crippen LogP contribution in [0.1, 0.15) is 58.6 Å². The number of hydrogen-bond acceptors (Lipinski definition) is 3. The van der Waals surface area contributed by atoms with Gasteiger partial charge in [-0.3, -0.25) is 9.59 Å². The summed E-state index contributed by atoms with van der Waals surface area (Å²) in [4.78, 5) is 27.2. The Bertz CT molecular complexity index is 956. The third-order valence-electron chi connectivity index (χ3n) is 4.94. The number of halogens is 2. The predicted octanol–water partition coefficient (Wildman–Crippen LogP) is 5.42. The fourth-order valence-corrected chi connectivity index (χ4v) is 3.59. The zero-order valence-electron chi connectivity index (χ0n) is 19.5. The van der Waals surface area contributed by atoms with Gasteiger partial charge in [0.1, 0.15) is 17.6 Å². The van der Waals surface area contributed by atoms with Crippen LogP contribution in [0.15, 0.2) is 46.9 Å². The van der Waals surface area contributed by atoms with E-state index >= 15 is 0 Å². The Morgan fingerprint density at radius 2 is 1.78 bits per heavy atom. The molecule has 0 heterocycles. The Kier molecular flexibility index (Phi) is 8.84. The molecule has 32 heavy (non-hydrogen) atoms. The molecule has 1 atom stereocenters. The number of amides is 2. The molecule has 0 fully saturated rings. The van der Waals surface area contributed by atoms with Crippen molar-refractivity contribution in [2.75, 3.05) is 6.61 Å². The number of nitrogens with one attached hydrogen (secondary N) is 1. The minimum atomic E-state index is -0.809. The lowest BCUT2D eigenvalue weighted by atomic mass is 10.0. The molecule has 0 aliphatic rings. The molecule has 0 spiro atoms. The molecule has 2 aromatic carbocycles. The molecule has 2 amide bonds. The van der Waals surface area contributed by atoms with Crippen molar-refractivity contribution >= 4 is 27.7 Å². The highest BCUT2D eigenvalue weighted by atomic mass is 79.9. The minimum absolute atomic E-state index is 0.0406. The lowest BCUT2D eigenvalue weighted by Crippen LogP contribution is -2.53. The summed E-state index contributed by atoms with van der Waals surface area (Å²) in [6, 6.07) is 11.1. The minimum Gasteiger partial charge on any atom is -0.483 e. The molecule has 0 radical (unpaired) electrons. The number of ether oxygens (including phenoxy) is 1. The van der Waals surface area contributed by atoms with E-state index in [1.165, 1.54) is 11.0 Å². The molecule has 7 heteroatoms. The highest BCUT2D eigenvalue weighted by Gasteiger charge is 2.29. The van der Waals surface area contributed by atoms with Gasteiger partial charge in [0, 0.05) is 17.6 Å². The van der Waals surface area contributed by atoms with Crippen molar-refractivity contribution in [1.29, 1.82) is 0 Å². The van der Waals surface area contributed by atoms with Crippen LogP contribution < -0.4 is 10.1 Å². The SMILES string of the molecule is CC(C)c1ccc(OCC(=O)N(Cc2ccccc2F)C(C)C(=O)NC(C)(C)C)c(Br)c1. The lowest BCUT2D eigenvalue weighted by molar-refractivity contribution is -0.142. The van der Waals surface area contributed by atoms with Crippen LogP contribution in [0.3, 0.4) is 0 Å². The summed E-state index contributed by atoms with van der Waals surface area (Å²) in [5, 5.41) is 2.88. The normalized spacial score (nSPS) is 12.4. The van der Waals surface area contributed by atoms with Gasteiger partial charge in [0.05, 0.1) is 4.47 Å². The Balaban J connectivity index is 2.21. The van der Waals surface area contributed by atoms with Gasteiger partial charge >= 0.3 is 0 Å². The fourth-order valence-electron chi connectivity index (χ4n) is 3.08. The number of carbonyl (C=O) groups excluding carboxylic acids is 2. The van der Waals surface area contributed by atoms with Gasteiger partial charge in [0.2, 0.25) is 5.91 Å². The van der Waals surface area contributed by atoms with Crippen LogP contribution in [0, 0.1) is 5.82 Å². The van der Waals surface area contributed by atoms with Gasteiger partial charge in [-0.25, -0.2) is 4.39 Å². The molecule has 1 unspecified atom stereocenters. The second kappa shape index (κ2) is 10.9. The van der Waals surface area contributed by atoms with Gasteiger partial charge in [0.15, 0.2) is 6.61 Å². The van der Waals surface area contributed by atoms with Gasteiger partial charge in [-0.05, 0) is 73.3 Å². The van der Waals surface area contributed by atoms with Gasteiger partial charge in [-0.2, -0.15) is 0 Å². The number of benzene rings is 2. The largest absolute Gasteiger partial charge is 0.483 e. The summed E-state index contributed by atoms with van der Waals surface area (Å²) in [5.74, 6) is -0.267. The summed E-state index contributed by atoms with van der Waals surface area (Å²) in [6.45, 7) is 11.1. The summed E-state index contributed by atoms with van der Waals surface area (Å²) in [6.07, 6.45) is 0. The van der Waals surface area contributed by atoms with Crippen LogP contribution >= 0.6 is 15.9 Å². The maximum Gasteiger partial charge on any atom is 0.261 e. The van der Waals surface area contributed by atoms with Crippen molar-refractivity contribution in [1.82, 2.24) is 10.2 Å². The Labute approximate surface area is 198 Å². The summed E-state index contributed by atoms with van der Waals surface area (Å²) in [7, 11) is 0. The van der Waals surface area contributed by atoms with Gasteiger partial charge in [-0.1, -0.05) is 38.1 Å². The number of nitrogens with zero attached hydrogens (tertiary/aromatic N) is 1. The molecule has 2 rings (SSSR count). The number of rotatable bonds is 8. The third kappa shape index (κ3) is 7.33. The maximum atomic E-state index is 14.3. The van der Waals surface area contributed by atoms with E-state index in [4.69, 9.17) is 4.74 Å². The van der Waals surface area contributed by atoms with Crippen molar-refractivity contribution in [3.63, 3.8) is 0 Å². The molecule has 5 nitrogen and oxygen atoms in total. The standard InChI is InChI=1S/C25H32BrFN2O3/c1-16(2)18-11-12-22(20(26)13-18)32-15-23(30)29(14-19-9-7-8-10-21(19)27)17(3)24(31)28-25(4,5)6/h7-13,16-17H,14-15H2,1-6H3,(H,28,31). The predicted molar refractivity (Wildman–Crippen MR) is 128 cm³/mol. The Hall–Kier alpha value is -2.41. The van der Waals surface area contributed by atoms with Crippen LogP contribution in [0.4, 0.5) is 4.39 Å². The summed E-state index contributed by atoms with van der Waals surface area (Å²) >= 11 is 3.49. The smallest absolute Gasteiger partial charge is 0.261 e. The van der Waals surface area contributed by atoms with Crippen molar-refractivity contribution < 1.29 is 18.7 Å². The first-order chi connectivity index (χ1) is 14.9. The van der Waals surface area contributed by atoms with Crippen LogP contribution in [-0.2, 0) is 16.1 Å². The van der Waals surface area contributed by atoms with Crippen LogP contribution in [0.5, 0.6) is 5.75 Å². The second-order valence-corrected chi connectivity index (χ2v) is 10.0. The van der Waals surface area contributed by atoms with E-state index in [1.54, 1.807) is 25.1 Å². The Morgan fingerprint density at radius 1 is 1.12 bits per heavy atom. The van der Waals surface area contributed by atoms with Gasteiger partial charge in [-0.15, -0.1) is 0 Å². The zero-order valence-corrected chi connectivity index (χ0v) is 21.1. The molecule has 0 saturated carbocycles. The molecule has 2 aromatic rings. The van der Waals surface area contributed by atoms with Gasteiger partial charge in [0.25, 0.3) is 5.91 Å². The van der Waals surface area contributed by atoms with E-state index in [0.717, 1.165) is 10.0 Å². The molecule has 174 valence electrons. The maximum absolute atomic E-state index is 14.3. The molecule has 0 aliphatic heterocycles. The molecule has 1 N–H and O–H groups in total. The van der Waals surface area contributed by atoms with Crippen molar-refractivity contribution in [2.45, 2.75) is 65.6 Å². The first kappa shape index (κ1) is 25.8. The fraction of sp³-hybridized carbons (Fsp3) is 0.440. The first-order valence-corrected chi connectivity index (χ1v) is 11.5. The van der Waals surface area contributed by atoms with E-state index in [0.29, 0.717) is 17.2 Å². The molecule has 0 aliphatic carbocycles. The monoisotopic (exact) mass is 506 g/mol. The molecular formula is C25H32BrFN2O3. The molecule has 0 aromatic heterocycles. The molecule has 0 saturated heterocycles.